The van der Waals surface area contributed by atoms with Crippen LogP contribution in [0.4, 0.5) is 0 Å². The third-order valence-electron chi connectivity index (χ3n) is 1.81. The molecule has 11 heavy (non-hydrogen) atoms. The molecule has 0 atom stereocenters. The smallest absolute Gasteiger partial charge is 0.174 e. The SMILES string of the molecule is CB(C)c1cc(C)ccc1O. The summed E-state index contributed by atoms with van der Waals surface area (Å²) in [6.45, 7) is 6.59. The minimum Gasteiger partial charge on any atom is -0.509 e. The standard InChI is InChI=1S/C9H13BO/c1-7-4-5-9(11)8(6-7)10(2)3/h4-6,11H,1-3H3. The van der Waals surface area contributed by atoms with E-state index in [0.29, 0.717) is 12.5 Å². The fourth-order valence-electron chi connectivity index (χ4n) is 1.14. The van der Waals surface area contributed by atoms with Gasteiger partial charge in [0, 0.05) is 0 Å². The van der Waals surface area contributed by atoms with Crippen molar-refractivity contribution in [2.24, 2.45) is 0 Å². The van der Waals surface area contributed by atoms with E-state index in [-0.39, 0.29) is 0 Å². The first-order chi connectivity index (χ1) is 5.11. The number of rotatable bonds is 1. The molecular weight excluding hydrogens is 135 g/mol. The summed E-state index contributed by atoms with van der Waals surface area (Å²) >= 11 is 0. The molecule has 0 amide bonds. The zero-order valence-electron chi connectivity index (χ0n) is 7.26. The molecule has 0 saturated carbocycles. The van der Waals surface area contributed by atoms with Crippen molar-refractivity contribution in [2.45, 2.75) is 20.6 Å². The zero-order valence-corrected chi connectivity index (χ0v) is 7.26. The molecule has 1 aromatic carbocycles. The van der Waals surface area contributed by atoms with Crippen LogP contribution in [0.25, 0.3) is 0 Å². The maximum absolute atomic E-state index is 9.41. The third-order valence-corrected chi connectivity index (χ3v) is 1.81. The van der Waals surface area contributed by atoms with Gasteiger partial charge in [-0.3, -0.25) is 0 Å². The van der Waals surface area contributed by atoms with Crippen molar-refractivity contribution in [1.82, 2.24) is 0 Å². The van der Waals surface area contributed by atoms with Gasteiger partial charge in [-0.25, -0.2) is 0 Å². The van der Waals surface area contributed by atoms with Crippen molar-refractivity contribution in [1.29, 1.82) is 0 Å². The summed E-state index contributed by atoms with van der Waals surface area (Å²) in [4.78, 5) is 0. The molecule has 0 unspecified atom stereocenters. The molecule has 0 aliphatic carbocycles. The Kier molecular flexibility index (Phi) is 2.23. The van der Waals surface area contributed by atoms with Gasteiger partial charge in [-0.2, -0.15) is 0 Å². The first-order valence-corrected chi connectivity index (χ1v) is 3.91. The molecule has 0 heterocycles. The number of benzene rings is 1. The highest BCUT2D eigenvalue weighted by Gasteiger charge is 2.07. The van der Waals surface area contributed by atoms with Crippen LogP contribution in [-0.4, -0.2) is 11.8 Å². The maximum Gasteiger partial charge on any atom is 0.174 e. The van der Waals surface area contributed by atoms with E-state index in [2.05, 4.69) is 13.6 Å². The summed E-state index contributed by atoms with van der Waals surface area (Å²) in [7, 11) is 0. The Hall–Kier alpha value is -0.915. The number of phenols is 1. The molecule has 0 bridgehead atoms. The monoisotopic (exact) mass is 148 g/mol. The molecule has 1 aromatic rings. The topological polar surface area (TPSA) is 20.2 Å². The average Bonchev–Trinajstić information content (AvgIpc) is 1.94. The molecule has 0 aromatic heterocycles. The van der Waals surface area contributed by atoms with Crippen LogP contribution in [0.15, 0.2) is 18.2 Å². The molecule has 58 valence electrons. The lowest BCUT2D eigenvalue weighted by molar-refractivity contribution is 0.479. The van der Waals surface area contributed by atoms with Gasteiger partial charge in [-0.05, 0) is 18.5 Å². The molecule has 0 saturated heterocycles. The molecule has 1 rings (SSSR count). The Morgan fingerprint density at radius 2 is 1.91 bits per heavy atom. The highest BCUT2D eigenvalue weighted by molar-refractivity contribution is 6.71. The largest absolute Gasteiger partial charge is 0.509 e. The second kappa shape index (κ2) is 2.99. The number of hydrogen-bond donors (Lipinski definition) is 1. The predicted molar refractivity (Wildman–Crippen MR) is 50.0 cm³/mol. The first kappa shape index (κ1) is 8.18. The predicted octanol–water partition coefficient (Wildman–Crippen LogP) is 1.66. The quantitative estimate of drug-likeness (QED) is 0.600. The van der Waals surface area contributed by atoms with Crippen LogP contribution in [0.2, 0.25) is 13.6 Å². The summed E-state index contributed by atoms with van der Waals surface area (Å²) < 4.78 is 0. The Balaban J connectivity index is 3.13. The van der Waals surface area contributed by atoms with Gasteiger partial charge < -0.3 is 5.11 Å². The molecular formula is C9H13BO. The Bertz CT molecular complexity index is 256. The highest BCUT2D eigenvalue weighted by Crippen LogP contribution is 2.07. The lowest BCUT2D eigenvalue weighted by Crippen LogP contribution is -2.22. The minimum atomic E-state index is 0.398. The summed E-state index contributed by atoms with van der Waals surface area (Å²) in [6.07, 6.45) is 0. The van der Waals surface area contributed by atoms with Crippen LogP contribution in [-0.2, 0) is 0 Å². The van der Waals surface area contributed by atoms with E-state index in [1.807, 2.05) is 19.1 Å². The molecule has 0 radical (unpaired) electrons. The van der Waals surface area contributed by atoms with Crippen LogP contribution in [0, 0.1) is 6.92 Å². The molecule has 0 aliphatic heterocycles. The Labute approximate surface area is 68.1 Å². The van der Waals surface area contributed by atoms with Gasteiger partial charge in [0.2, 0.25) is 0 Å². The Morgan fingerprint density at radius 1 is 1.27 bits per heavy atom. The van der Waals surface area contributed by atoms with E-state index in [1.165, 1.54) is 5.56 Å². The van der Waals surface area contributed by atoms with Crippen molar-refractivity contribution in [3.05, 3.63) is 23.8 Å². The molecule has 0 aliphatic rings. The number of phenolic OH excluding ortho intramolecular Hbond substituents is 1. The van der Waals surface area contributed by atoms with Gasteiger partial charge in [-0.1, -0.05) is 31.3 Å². The van der Waals surface area contributed by atoms with E-state index in [1.54, 1.807) is 6.07 Å². The fourth-order valence-corrected chi connectivity index (χ4v) is 1.14. The van der Waals surface area contributed by atoms with Crippen molar-refractivity contribution in [2.75, 3.05) is 0 Å². The van der Waals surface area contributed by atoms with E-state index in [4.69, 9.17) is 0 Å². The number of aryl methyl sites for hydroxylation is 1. The number of hydrogen-bond acceptors (Lipinski definition) is 1. The summed E-state index contributed by atoms with van der Waals surface area (Å²) in [5.41, 5.74) is 2.23. The first-order valence-electron chi connectivity index (χ1n) is 3.91. The van der Waals surface area contributed by atoms with E-state index >= 15 is 0 Å². The minimum absolute atomic E-state index is 0.398. The highest BCUT2D eigenvalue weighted by atomic mass is 16.3. The summed E-state index contributed by atoms with van der Waals surface area (Å²) in [6, 6.07) is 5.70. The Morgan fingerprint density at radius 3 is 2.36 bits per heavy atom. The van der Waals surface area contributed by atoms with Gasteiger partial charge in [0.15, 0.2) is 6.71 Å². The lowest BCUT2D eigenvalue weighted by atomic mass is 9.49. The fraction of sp³-hybridized carbons (Fsp3) is 0.333. The second-order valence-corrected chi connectivity index (χ2v) is 3.22. The van der Waals surface area contributed by atoms with E-state index < -0.39 is 0 Å². The zero-order chi connectivity index (χ0) is 8.43. The van der Waals surface area contributed by atoms with Gasteiger partial charge in [-0.15, -0.1) is 0 Å². The third kappa shape index (κ3) is 1.76. The van der Waals surface area contributed by atoms with E-state index in [0.717, 1.165) is 5.46 Å². The van der Waals surface area contributed by atoms with Crippen molar-refractivity contribution < 1.29 is 5.11 Å². The normalized spacial score (nSPS) is 9.73. The lowest BCUT2D eigenvalue weighted by Gasteiger charge is -2.05. The summed E-state index contributed by atoms with van der Waals surface area (Å²) in [5, 5.41) is 9.41. The van der Waals surface area contributed by atoms with Crippen molar-refractivity contribution in [3.8, 4) is 5.75 Å². The second-order valence-electron chi connectivity index (χ2n) is 3.22. The summed E-state index contributed by atoms with van der Waals surface area (Å²) in [5.74, 6) is 0.408. The molecule has 1 N–H and O–H groups in total. The van der Waals surface area contributed by atoms with Gasteiger partial charge in [0.1, 0.15) is 5.75 Å². The molecule has 0 fully saturated rings. The molecule has 0 spiro atoms. The van der Waals surface area contributed by atoms with Crippen molar-refractivity contribution >= 4 is 12.2 Å². The van der Waals surface area contributed by atoms with Gasteiger partial charge >= 0.3 is 0 Å². The van der Waals surface area contributed by atoms with E-state index in [9.17, 15) is 5.11 Å². The maximum atomic E-state index is 9.41. The van der Waals surface area contributed by atoms with Crippen LogP contribution in [0.3, 0.4) is 0 Å². The molecule has 2 heteroatoms. The average molecular weight is 148 g/mol. The van der Waals surface area contributed by atoms with Crippen LogP contribution in [0.5, 0.6) is 5.75 Å². The number of aromatic hydroxyl groups is 1. The van der Waals surface area contributed by atoms with Crippen LogP contribution in [0.1, 0.15) is 5.56 Å². The van der Waals surface area contributed by atoms with Gasteiger partial charge in [0.25, 0.3) is 0 Å². The van der Waals surface area contributed by atoms with Crippen molar-refractivity contribution in [3.63, 3.8) is 0 Å². The van der Waals surface area contributed by atoms with Gasteiger partial charge in [0.05, 0.1) is 0 Å². The molecule has 1 nitrogen and oxygen atoms in total. The van der Waals surface area contributed by atoms with Crippen LogP contribution >= 0.6 is 0 Å². The van der Waals surface area contributed by atoms with Crippen LogP contribution < -0.4 is 5.46 Å².